The van der Waals surface area contributed by atoms with Crippen LogP contribution in [0.3, 0.4) is 0 Å². The van der Waals surface area contributed by atoms with Gasteiger partial charge in [0.25, 0.3) is 0 Å². The number of ether oxygens (including phenoxy) is 3. The molecule has 0 N–H and O–H groups in total. The summed E-state index contributed by atoms with van der Waals surface area (Å²) in [5.74, 6) is -0.975. The van der Waals surface area contributed by atoms with E-state index in [9.17, 15) is 14.4 Å². The second-order valence-electron chi connectivity index (χ2n) is 20.2. The van der Waals surface area contributed by atoms with Gasteiger partial charge in [-0.05, 0) is 116 Å². The summed E-state index contributed by atoms with van der Waals surface area (Å²) in [5.41, 5.74) is 0. The normalized spacial score (nSPS) is 13.0. The Bertz CT molecular complexity index is 1630. The van der Waals surface area contributed by atoms with E-state index in [0.29, 0.717) is 19.3 Å². The Morgan fingerprint density at radius 3 is 0.855 bits per heavy atom. The van der Waals surface area contributed by atoms with Crippen molar-refractivity contribution in [2.75, 3.05) is 13.2 Å². The molecule has 6 heteroatoms. The van der Waals surface area contributed by atoms with Gasteiger partial charge in [-0.25, -0.2) is 0 Å². The van der Waals surface area contributed by atoms with Crippen molar-refractivity contribution < 1.29 is 28.6 Å². The fourth-order valence-corrected chi connectivity index (χ4v) is 8.24. The monoisotopic (exact) mass is 1050 g/mol. The zero-order valence-electron chi connectivity index (χ0n) is 49.2. The molecule has 1 atom stereocenters. The van der Waals surface area contributed by atoms with Gasteiger partial charge in [-0.3, -0.25) is 14.4 Å². The van der Waals surface area contributed by atoms with Crippen LogP contribution in [0, 0.1) is 0 Å². The van der Waals surface area contributed by atoms with Gasteiger partial charge in [0, 0.05) is 19.3 Å². The lowest BCUT2D eigenvalue weighted by Gasteiger charge is -2.18. The Balaban J connectivity index is 4.25. The van der Waals surface area contributed by atoms with Crippen molar-refractivity contribution >= 4 is 17.9 Å². The zero-order chi connectivity index (χ0) is 55.0. The molecule has 0 fully saturated rings. The van der Waals surface area contributed by atoms with Gasteiger partial charge in [0.15, 0.2) is 6.10 Å². The highest BCUT2D eigenvalue weighted by Crippen LogP contribution is 2.15. The molecule has 0 aromatic carbocycles. The summed E-state index contributed by atoms with van der Waals surface area (Å²) in [7, 11) is 0. The second kappa shape index (κ2) is 63.1. The smallest absolute Gasteiger partial charge is 0.306 e. The number of unbranched alkanes of at least 4 members (excludes halogenated alkanes) is 22. The molecule has 0 aliphatic heterocycles. The van der Waals surface area contributed by atoms with E-state index in [2.05, 4.69) is 154 Å². The molecule has 1 unspecified atom stereocenters. The number of carbonyl (C=O) groups is 3. The largest absolute Gasteiger partial charge is 0.462 e. The summed E-state index contributed by atoms with van der Waals surface area (Å²) in [6.45, 7) is 6.41. The predicted molar refractivity (Wildman–Crippen MR) is 329 cm³/mol. The Labute approximate surface area is 468 Å². The van der Waals surface area contributed by atoms with Gasteiger partial charge in [-0.15, -0.1) is 0 Å². The fraction of sp³-hybridized carbons (Fsp3) is 0.643. The van der Waals surface area contributed by atoms with Crippen molar-refractivity contribution in [3.63, 3.8) is 0 Å². The molecule has 0 radical (unpaired) electrons. The van der Waals surface area contributed by atoms with Crippen molar-refractivity contribution in [2.24, 2.45) is 0 Å². The number of hydrogen-bond donors (Lipinski definition) is 0. The molecule has 6 nitrogen and oxygen atoms in total. The maximum absolute atomic E-state index is 12.8. The highest BCUT2D eigenvalue weighted by molar-refractivity contribution is 5.71. The van der Waals surface area contributed by atoms with Gasteiger partial charge in [0.2, 0.25) is 0 Å². The Morgan fingerprint density at radius 1 is 0.276 bits per heavy atom. The third-order valence-corrected chi connectivity index (χ3v) is 12.9. The summed E-state index contributed by atoms with van der Waals surface area (Å²) in [5, 5.41) is 0. The number of rotatable bonds is 55. The van der Waals surface area contributed by atoms with E-state index >= 15 is 0 Å². The van der Waals surface area contributed by atoms with Crippen molar-refractivity contribution in [3.05, 3.63) is 134 Å². The van der Waals surface area contributed by atoms with Gasteiger partial charge in [0.1, 0.15) is 13.2 Å². The van der Waals surface area contributed by atoms with E-state index in [1.54, 1.807) is 0 Å². The van der Waals surface area contributed by atoms with Crippen LogP contribution in [0.1, 0.15) is 271 Å². The SMILES string of the molecule is CC/C=C\C/C=C\C/C=C\C/C=C\C/C=C\C/C=C\C/C=C\C/C=C\C/C=C\CCCC(=O)OCC(COC(=O)CCCCCCCC)OC(=O)CCCCCCCCCCCCC/C=C\C/C=C\CCCCCCC. The first-order valence-corrected chi connectivity index (χ1v) is 31.2. The van der Waals surface area contributed by atoms with Gasteiger partial charge >= 0.3 is 17.9 Å². The molecule has 0 bridgehead atoms. The molecule has 0 aliphatic carbocycles. The van der Waals surface area contributed by atoms with E-state index in [-0.39, 0.29) is 37.5 Å². The van der Waals surface area contributed by atoms with E-state index in [0.717, 1.165) is 109 Å². The second-order valence-corrected chi connectivity index (χ2v) is 20.2. The molecule has 0 aliphatic rings. The summed E-state index contributed by atoms with van der Waals surface area (Å²) < 4.78 is 16.7. The number of hydrogen-bond acceptors (Lipinski definition) is 6. The summed E-state index contributed by atoms with van der Waals surface area (Å²) in [6, 6.07) is 0. The van der Waals surface area contributed by atoms with Gasteiger partial charge in [-0.1, -0.05) is 270 Å². The van der Waals surface area contributed by atoms with E-state index in [1.165, 1.54) is 116 Å². The summed E-state index contributed by atoms with van der Waals surface area (Å²) in [6.07, 6.45) is 89.2. The topological polar surface area (TPSA) is 78.9 Å². The lowest BCUT2D eigenvalue weighted by atomic mass is 10.0. The van der Waals surface area contributed by atoms with Crippen molar-refractivity contribution in [2.45, 2.75) is 277 Å². The molecule has 0 saturated carbocycles. The molecule has 0 aromatic heterocycles. The minimum atomic E-state index is -0.804. The van der Waals surface area contributed by atoms with Gasteiger partial charge in [0.05, 0.1) is 0 Å². The van der Waals surface area contributed by atoms with Crippen LogP contribution in [0.2, 0.25) is 0 Å². The molecule has 0 spiro atoms. The first-order chi connectivity index (χ1) is 37.5. The lowest BCUT2D eigenvalue weighted by Crippen LogP contribution is -2.30. The Kier molecular flexibility index (Phi) is 59.4. The van der Waals surface area contributed by atoms with Crippen LogP contribution in [0.4, 0.5) is 0 Å². The van der Waals surface area contributed by atoms with Crippen molar-refractivity contribution in [1.29, 1.82) is 0 Å². The van der Waals surface area contributed by atoms with Crippen LogP contribution in [0.15, 0.2) is 134 Å². The fourth-order valence-electron chi connectivity index (χ4n) is 8.24. The van der Waals surface area contributed by atoms with Crippen LogP contribution >= 0.6 is 0 Å². The molecule has 0 rings (SSSR count). The standard InChI is InChI=1S/C70H114O6/c1-4-7-10-13-16-18-20-22-24-26-28-30-32-33-34-35-36-37-39-40-42-44-46-48-50-52-54-57-60-63-69(72)75-66-67(65-74-68(71)62-59-56-15-12-9-6-3)76-70(73)64-61-58-55-53-51-49-47-45-43-41-38-31-29-27-25-23-21-19-17-14-11-8-5-2/h7,10,16,18,21-24,27-30,33-34,36-37,40,42,46,48,52,54,67H,4-6,8-9,11-15,17,19-20,25-26,31-32,35,38-39,41,43-45,47,49-51,53,55-66H2,1-3H3/b10-7-,18-16-,23-21-,24-22-,29-27-,30-28-,34-33-,37-36-,42-40-,48-46-,54-52-. The molecule has 0 heterocycles. The Morgan fingerprint density at radius 2 is 0.526 bits per heavy atom. The number of allylic oxidation sites excluding steroid dienone is 22. The molecule has 0 aromatic rings. The molecule has 430 valence electrons. The third-order valence-electron chi connectivity index (χ3n) is 12.9. The Hall–Kier alpha value is -4.45. The van der Waals surface area contributed by atoms with Crippen LogP contribution < -0.4 is 0 Å². The number of carbonyl (C=O) groups excluding carboxylic acids is 3. The van der Waals surface area contributed by atoms with Crippen molar-refractivity contribution in [3.8, 4) is 0 Å². The quantitative estimate of drug-likeness (QED) is 0.0261. The molecular formula is C70H114O6. The van der Waals surface area contributed by atoms with Gasteiger partial charge in [-0.2, -0.15) is 0 Å². The minimum Gasteiger partial charge on any atom is -0.462 e. The van der Waals surface area contributed by atoms with Crippen LogP contribution in [-0.2, 0) is 28.6 Å². The average molecular weight is 1050 g/mol. The van der Waals surface area contributed by atoms with Crippen LogP contribution in [0.25, 0.3) is 0 Å². The minimum absolute atomic E-state index is 0.0997. The van der Waals surface area contributed by atoms with Crippen LogP contribution in [0.5, 0.6) is 0 Å². The molecular weight excluding hydrogens is 937 g/mol. The maximum atomic E-state index is 12.8. The van der Waals surface area contributed by atoms with E-state index in [4.69, 9.17) is 14.2 Å². The van der Waals surface area contributed by atoms with Crippen LogP contribution in [-0.4, -0.2) is 37.2 Å². The average Bonchev–Trinajstić information content (AvgIpc) is 3.42. The zero-order valence-corrected chi connectivity index (χ0v) is 49.2. The molecule has 0 amide bonds. The summed E-state index contributed by atoms with van der Waals surface area (Å²) >= 11 is 0. The first kappa shape index (κ1) is 71.5. The first-order valence-electron chi connectivity index (χ1n) is 31.2. The third kappa shape index (κ3) is 60.4. The maximum Gasteiger partial charge on any atom is 0.306 e. The number of esters is 3. The lowest BCUT2D eigenvalue weighted by molar-refractivity contribution is -0.167. The van der Waals surface area contributed by atoms with Gasteiger partial charge < -0.3 is 14.2 Å². The molecule has 76 heavy (non-hydrogen) atoms. The molecule has 0 saturated heterocycles. The van der Waals surface area contributed by atoms with Crippen molar-refractivity contribution in [1.82, 2.24) is 0 Å². The highest BCUT2D eigenvalue weighted by atomic mass is 16.6. The highest BCUT2D eigenvalue weighted by Gasteiger charge is 2.19. The predicted octanol–water partition coefficient (Wildman–Crippen LogP) is 21.4. The van der Waals surface area contributed by atoms with E-state index in [1.807, 2.05) is 0 Å². The van der Waals surface area contributed by atoms with E-state index < -0.39 is 6.10 Å². The summed E-state index contributed by atoms with van der Waals surface area (Å²) in [4.78, 5) is 38.0.